The van der Waals surface area contributed by atoms with Crippen LogP contribution in [-0.4, -0.2) is 32.2 Å². The fraction of sp³-hybridized carbons (Fsp3) is 0.900. The lowest BCUT2D eigenvalue weighted by Crippen LogP contribution is -2.44. The van der Waals surface area contributed by atoms with Crippen LogP contribution >= 0.6 is 0 Å². The monoisotopic (exact) mass is 202 g/mol. The third kappa shape index (κ3) is 5.19. The molecular weight excluding hydrogens is 180 g/mol. The number of nitrogens with one attached hydrogen (secondary N) is 1. The highest BCUT2D eigenvalue weighted by Gasteiger charge is 2.18. The zero-order valence-corrected chi connectivity index (χ0v) is 9.38. The highest BCUT2D eigenvalue weighted by atomic mass is 16.5. The van der Waals surface area contributed by atoms with Crippen LogP contribution in [0.5, 0.6) is 0 Å². The number of ether oxygens (including phenoxy) is 1. The van der Waals surface area contributed by atoms with Crippen molar-refractivity contribution in [1.82, 2.24) is 5.32 Å². The molecule has 2 atom stereocenters. The molecule has 0 aromatic carbocycles. The summed E-state index contributed by atoms with van der Waals surface area (Å²) in [5, 5.41) is 2.79. The Morgan fingerprint density at radius 3 is 2.71 bits per heavy atom. The minimum absolute atomic E-state index is 0.0598. The van der Waals surface area contributed by atoms with Crippen LogP contribution in [0.2, 0.25) is 0 Å². The van der Waals surface area contributed by atoms with Crippen molar-refractivity contribution in [2.45, 2.75) is 32.7 Å². The van der Waals surface area contributed by atoms with Crippen molar-refractivity contribution < 1.29 is 9.53 Å². The maximum Gasteiger partial charge on any atom is 0.237 e. The highest BCUT2D eigenvalue weighted by Crippen LogP contribution is 2.04. The average Bonchev–Trinajstić information content (AvgIpc) is 2.21. The van der Waals surface area contributed by atoms with E-state index in [1.807, 2.05) is 13.8 Å². The summed E-state index contributed by atoms with van der Waals surface area (Å²) in [5.74, 6) is 0.174. The van der Waals surface area contributed by atoms with Gasteiger partial charge in [0.1, 0.15) is 0 Å². The van der Waals surface area contributed by atoms with Gasteiger partial charge in [-0.1, -0.05) is 20.3 Å². The number of carbonyl (C=O) groups excluding carboxylic acids is 1. The largest absolute Gasteiger partial charge is 0.385 e. The van der Waals surface area contributed by atoms with Crippen LogP contribution in [0.25, 0.3) is 0 Å². The molecule has 0 rings (SSSR count). The van der Waals surface area contributed by atoms with Crippen LogP contribution in [0, 0.1) is 5.92 Å². The van der Waals surface area contributed by atoms with Crippen molar-refractivity contribution in [3.63, 3.8) is 0 Å². The summed E-state index contributed by atoms with van der Waals surface area (Å²) in [5.41, 5.74) is 5.74. The summed E-state index contributed by atoms with van der Waals surface area (Å²) < 4.78 is 4.87. The van der Waals surface area contributed by atoms with Gasteiger partial charge in [-0.05, 0) is 12.3 Å². The third-order valence-corrected chi connectivity index (χ3v) is 2.38. The van der Waals surface area contributed by atoms with E-state index in [0.717, 1.165) is 12.8 Å². The molecule has 0 aliphatic rings. The van der Waals surface area contributed by atoms with Crippen LogP contribution in [0.1, 0.15) is 26.7 Å². The molecule has 0 fully saturated rings. The first-order valence-electron chi connectivity index (χ1n) is 5.15. The second kappa shape index (κ2) is 7.76. The second-order valence-electron chi connectivity index (χ2n) is 3.55. The van der Waals surface area contributed by atoms with E-state index in [2.05, 4.69) is 5.32 Å². The van der Waals surface area contributed by atoms with Gasteiger partial charge in [-0.25, -0.2) is 0 Å². The molecule has 0 unspecified atom stereocenters. The predicted octanol–water partition coefficient (Wildman–Crippen LogP) is 0.513. The van der Waals surface area contributed by atoms with Crippen molar-refractivity contribution in [2.75, 3.05) is 20.3 Å². The van der Waals surface area contributed by atoms with Gasteiger partial charge in [0, 0.05) is 20.3 Å². The third-order valence-electron chi connectivity index (χ3n) is 2.38. The van der Waals surface area contributed by atoms with E-state index >= 15 is 0 Å². The zero-order valence-electron chi connectivity index (χ0n) is 9.38. The zero-order chi connectivity index (χ0) is 11.0. The number of rotatable bonds is 7. The Hall–Kier alpha value is -0.610. The molecule has 0 radical (unpaired) electrons. The van der Waals surface area contributed by atoms with Gasteiger partial charge >= 0.3 is 0 Å². The molecule has 0 saturated heterocycles. The molecule has 0 aliphatic carbocycles. The Balaban J connectivity index is 3.62. The molecule has 84 valence electrons. The minimum atomic E-state index is -0.387. The van der Waals surface area contributed by atoms with E-state index in [1.165, 1.54) is 0 Å². The molecule has 4 heteroatoms. The first-order valence-corrected chi connectivity index (χ1v) is 5.15. The van der Waals surface area contributed by atoms with E-state index < -0.39 is 0 Å². The molecule has 0 aliphatic heterocycles. The maximum atomic E-state index is 11.4. The summed E-state index contributed by atoms with van der Waals surface area (Å²) in [6.07, 6.45) is 1.75. The SMILES string of the molecule is CC[C@@H](C)[C@H](N)C(=O)NCCCOC. The molecule has 0 aromatic heterocycles. The molecule has 0 spiro atoms. The standard InChI is InChI=1S/C10H22N2O2/c1-4-8(2)9(11)10(13)12-6-5-7-14-3/h8-9H,4-7,11H2,1-3H3,(H,12,13)/t8-,9+/m1/s1. The Kier molecular flexibility index (Phi) is 7.42. The van der Waals surface area contributed by atoms with Crippen molar-refractivity contribution in [3.8, 4) is 0 Å². The molecule has 3 N–H and O–H groups in total. The van der Waals surface area contributed by atoms with Gasteiger partial charge in [0.15, 0.2) is 0 Å². The first kappa shape index (κ1) is 13.4. The fourth-order valence-corrected chi connectivity index (χ4v) is 1.06. The Labute approximate surface area is 86.2 Å². The summed E-state index contributed by atoms with van der Waals surface area (Å²) in [7, 11) is 1.65. The number of amides is 1. The van der Waals surface area contributed by atoms with E-state index in [4.69, 9.17) is 10.5 Å². The Bertz CT molecular complexity index is 162. The average molecular weight is 202 g/mol. The van der Waals surface area contributed by atoms with Crippen molar-refractivity contribution in [1.29, 1.82) is 0 Å². The van der Waals surface area contributed by atoms with Crippen LogP contribution in [0.3, 0.4) is 0 Å². The molecule has 0 saturated carbocycles. The number of carbonyl (C=O) groups is 1. The smallest absolute Gasteiger partial charge is 0.237 e. The van der Waals surface area contributed by atoms with Crippen molar-refractivity contribution in [2.24, 2.45) is 11.7 Å². The molecular formula is C10H22N2O2. The topological polar surface area (TPSA) is 64.4 Å². The van der Waals surface area contributed by atoms with Gasteiger partial charge in [-0.2, -0.15) is 0 Å². The predicted molar refractivity (Wildman–Crippen MR) is 56.9 cm³/mol. The van der Waals surface area contributed by atoms with Gasteiger partial charge in [-0.15, -0.1) is 0 Å². The summed E-state index contributed by atoms with van der Waals surface area (Å²) in [4.78, 5) is 11.4. The second-order valence-corrected chi connectivity index (χ2v) is 3.55. The minimum Gasteiger partial charge on any atom is -0.385 e. The van der Waals surface area contributed by atoms with E-state index in [9.17, 15) is 4.79 Å². The molecule has 14 heavy (non-hydrogen) atoms. The van der Waals surface area contributed by atoms with E-state index in [1.54, 1.807) is 7.11 Å². The molecule has 4 nitrogen and oxygen atoms in total. The van der Waals surface area contributed by atoms with Crippen molar-refractivity contribution in [3.05, 3.63) is 0 Å². The first-order chi connectivity index (χ1) is 6.63. The summed E-state index contributed by atoms with van der Waals surface area (Å²) in [6.45, 7) is 5.32. The molecule has 0 aromatic rings. The van der Waals surface area contributed by atoms with Crippen LogP contribution in [-0.2, 0) is 9.53 Å². The van der Waals surface area contributed by atoms with Crippen LogP contribution < -0.4 is 11.1 Å². The summed E-state index contributed by atoms with van der Waals surface area (Å²) >= 11 is 0. The van der Waals surface area contributed by atoms with Crippen LogP contribution in [0.4, 0.5) is 0 Å². The quantitative estimate of drug-likeness (QED) is 0.591. The lowest BCUT2D eigenvalue weighted by atomic mass is 9.99. The van der Waals surface area contributed by atoms with E-state index in [-0.39, 0.29) is 17.9 Å². The van der Waals surface area contributed by atoms with Crippen LogP contribution in [0.15, 0.2) is 0 Å². The highest BCUT2D eigenvalue weighted by molar-refractivity contribution is 5.81. The van der Waals surface area contributed by atoms with Gasteiger partial charge in [0.2, 0.25) is 5.91 Å². The molecule has 0 heterocycles. The number of hydrogen-bond acceptors (Lipinski definition) is 3. The number of methoxy groups -OCH3 is 1. The normalized spacial score (nSPS) is 14.9. The Morgan fingerprint density at radius 1 is 1.57 bits per heavy atom. The van der Waals surface area contributed by atoms with Gasteiger partial charge in [0.05, 0.1) is 6.04 Å². The van der Waals surface area contributed by atoms with Gasteiger partial charge in [0.25, 0.3) is 0 Å². The lowest BCUT2D eigenvalue weighted by Gasteiger charge is -2.17. The number of nitrogens with two attached hydrogens (primary N) is 1. The van der Waals surface area contributed by atoms with Gasteiger partial charge < -0.3 is 15.8 Å². The molecule has 0 bridgehead atoms. The maximum absolute atomic E-state index is 11.4. The van der Waals surface area contributed by atoms with Crippen molar-refractivity contribution >= 4 is 5.91 Å². The summed E-state index contributed by atoms with van der Waals surface area (Å²) in [6, 6.07) is -0.387. The number of hydrogen-bond donors (Lipinski definition) is 2. The Morgan fingerprint density at radius 2 is 2.21 bits per heavy atom. The van der Waals surface area contributed by atoms with E-state index in [0.29, 0.717) is 13.2 Å². The molecule has 1 amide bonds. The van der Waals surface area contributed by atoms with Gasteiger partial charge in [-0.3, -0.25) is 4.79 Å². The fourth-order valence-electron chi connectivity index (χ4n) is 1.06. The lowest BCUT2D eigenvalue weighted by molar-refractivity contribution is -0.123.